The van der Waals surface area contributed by atoms with Crippen LogP contribution in [0.25, 0.3) is 0 Å². The van der Waals surface area contributed by atoms with E-state index in [-0.39, 0.29) is 19.1 Å². The number of pyridine rings is 1. The fraction of sp³-hybridized carbons (Fsp3) is 0.417. The first kappa shape index (κ1) is 13.1. The van der Waals surface area contributed by atoms with E-state index in [0.29, 0.717) is 18.2 Å². The van der Waals surface area contributed by atoms with Crippen LogP contribution in [0.3, 0.4) is 0 Å². The van der Waals surface area contributed by atoms with Crippen LogP contribution in [-0.4, -0.2) is 46.7 Å². The van der Waals surface area contributed by atoms with Crippen molar-refractivity contribution in [3.63, 3.8) is 0 Å². The van der Waals surface area contributed by atoms with E-state index in [2.05, 4.69) is 10.3 Å². The molecule has 0 atom stereocenters. The molecular weight excluding hydrogens is 250 g/mol. The number of rotatable bonds is 4. The molecule has 102 valence electrons. The molecule has 2 heterocycles. The second-order valence-electron chi connectivity index (χ2n) is 4.19. The minimum Gasteiger partial charge on any atom is -0.481 e. The predicted molar refractivity (Wildman–Crippen MR) is 67.1 cm³/mol. The van der Waals surface area contributed by atoms with Gasteiger partial charge in [-0.05, 0) is 13.0 Å². The van der Waals surface area contributed by atoms with Crippen LogP contribution >= 0.6 is 0 Å². The lowest BCUT2D eigenvalue weighted by atomic mass is 10.0. The van der Waals surface area contributed by atoms with E-state index in [1.165, 1.54) is 11.1 Å². The number of hydrogen-bond donors (Lipinski definition) is 2. The van der Waals surface area contributed by atoms with Crippen LogP contribution in [0.15, 0.2) is 18.3 Å². The van der Waals surface area contributed by atoms with Crippen LogP contribution < -0.4 is 10.1 Å². The molecule has 19 heavy (non-hydrogen) atoms. The molecule has 7 nitrogen and oxygen atoms in total. The molecule has 0 radical (unpaired) electrons. The van der Waals surface area contributed by atoms with E-state index in [1.54, 1.807) is 12.1 Å². The number of anilines is 1. The lowest BCUT2D eigenvalue weighted by Gasteiger charge is -2.36. The van der Waals surface area contributed by atoms with E-state index >= 15 is 0 Å². The van der Waals surface area contributed by atoms with Crippen molar-refractivity contribution in [2.24, 2.45) is 5.92 Å². The average Bonchev–Trinajstić information content (AvgIpc) is 2.29. The first-order chi connectivity index (χ1) is 9.10. The summed E-state index contributed by atoms with van der Waals surface area (Å²) in [7, 11) is 0. The predicted octanol–water partition coefficient (Wildman–Crippen LogP) is 1.03. The first-order valence-electron chi connectivity index (χ1n) is 5.97. The Kier molecular flexibility index (Phi) is 3.84. The van der Waals surface area contributed by atoms with Gasteiger partial charge in [-0.15, -0.1) is 0 Å². The summed E-state index contributed by atoms with van der Waals surface area (Å²) in [5.74, 6) is -0.827. The van der Waals surface area contributed by atoms with Crippen molar-refractivity contribution in [3.05, 3.63) is 18.3 Å². The second kappa shape index (κ2) is 5.55. The zero-order valence-corrected chi connectivity index (χ0v) is 10.5. The molecule has 2 rings (SSSR count). The van der Waals surface area contributed by atoms with Gasteiger partial charge in [-0.1, -0.05) is 0 Å². The SMILES string of the molecule is CCOc1ccc(NC(=O)N2CC(C(=O)O)C2)cn1. The summed E-state index contributed by atoms with van der Waals surface area (Å²) in [6.45, 7) is 2.88. The molecular formula is C12H15N3O4. The van der Waals surface area contributed by atoms with Gasteiger partial charge in [0.05, 0.1) is 24.4 Å². The maximum atomic E-state index is 11.7. The molecule has 2 amide bonds. The summed E-state index contributed by atoms with van der Waals surface area (Å²) in [6.07, 6.45) is 1.50. The van der Waals surface area contributed by atoms with Crippen molar-refractivity contribution in [2.45, 2.75) is 6.92 Å². The van der Waals surface area contributed by atoms with Crippen molar-refractivity contribution in [1.82, 2.24) is 9.88 Å². The van der Waals surface area contributed by atoms with Gasteiger partial charge >= 0.3 is 12.0 Å². The third-order valence-electron chi connectivity index (χ3n) is 2.80. The van der Waals surface area contributed by atoms with Crippen molar-refractivity contribution >= 4 is 17.7 Å². The number of aliphatic carboxylic acids is 1. The standard InChI is InChI=1S/C12H15N3O4/c1-2-19-10-4-3-9(5-13-10)14-12(18)15-6-8(7-15)11(16)17/h3-5,8H,2,6-7H2,1H3,(H,14,18)(H,16,17). The van der Waals surface area contributed by atoms with Gasteiger partial charge in [0.2, 0.25) is 5.88 Å². The molecule has 1 aromatic heterocycles. The minimum absolute atomic E-state index is 0.242. The molecule has 0 aliphatic carbocycles. The average molecular weight is 265 g/mol. The van der Waals surface area contributed by atoms with Crippen molar-refractivity contribution in [2.75, 3.05) is 25.0 Å². The number of likely N-dealkylation sites (tertiary alicyclic amines) is 1. The van der Waals surface area contributed by atoms with Gasteiger partial charge in [-0.25, -0.2) is 9.78 Å². The fourth-order valence-corrected chi connectivity index (χ4v) is 1.69. The number of nitrogens with one attached hydrogen (secondary N) is 1. The van der Waals surface area contributed by atoms with E-state index < -0.39 is 11.9 Å². The Morgan fingerprint density at radius 3 is 2.79 bits per heavy atom. The zero-order valence-electron chi connectivity index (χ0n) is 10.5. The molecule has 0 bridgehead atoms. The molecule has 1 fully saturated rings. The number of amides is 2. The smallest absolute Gasteiger partial charge is 0.321 e. The highest BCUT2D eigenvalue weighted by Gasteiger charge is 2.35. The van der Waals surface area contributed by atoms with Gasteiger partial charge in [0, 0.05) is 19.2 Å². The largest absolute Gasteiger partial charge is 0.481 e. The Balaban J connectivity index is 1.84. The summed E-state index contributed by atoms with van der Waals surface area (Å²) in [5.41, 5.74) is 0.548. The van der Waals surface area contributed by atoms with E-state index in [4.69, 9.17) is 9.84 Å². The monoisotopic (exact) mass is 265 g/mol. The van der Waals surface area contributed by atoms with Crippen LogP contribution in [0.4, 0.5) is 10.5 Å². The molecule has 1 aliphatic heterocycles. The third-order valence-corrected chi connectivity index (χ3v) is 2.80. The lowest BCUT2D eigenvalue weighted by Crippen LogP contribution is -2.54. The molecule has 7 heteroatoms. The third kappa shape index (κ3) is 3.12. The molecule has 0 spiro atoms. The zero-order chi connectivity index (χ0) is 13.8. The fourth-order valence-electron chi connectivity index (χ4n) is 1.69. The van der Waals surface area contributed by atoms with Crippen molar-refractivity contribution in [3.8, 4) is 5.88 Å². The maximum absolute atomic E-state index is 11.7. The number of nitrogens with zero attached hydrogens (tertiary/aromatic N) is 2. The van der Waals surface area contributed by atoms with Crippen LogP contribution in [0, 0.1) is 5.92 Å². The Hall–Kier alpha value is -2.31. The van der Waals surface area contributed by atoms with E-state index in [9.17, 15) is 9.59 Å². The van der Waals surface area contributed by atoms with E-state index in [1.807, 2.05) is 6.92 Å². The highest BCUT2D eigenvalue weighted by molar-refractivity contribution is 5.90. The maximum Gasteiger partial charge on any atom is 0.321 e. The molecule has 2 N–H and O–H groups in total. The van der Waals surface area contributed by atoms with Gasteiger partial charge in [0.15, 0.2) is 0 Å². The summed E-state index contributed by atoms with van der Waals surface area (Å²) in [4.78, 5) is 27.8. The van der Waals surface area contributed by atoms with Crippen molar-refractivity contribution < 1.29 is 19.4 Å². The number of ether oxygens (including phenoxy) is 1. The number of hydrogen-bond acceptors (Lipinski definition) is 4. The Labute approximate surface area is 110 Å². The number of carbonyl (C=O) groups excluding carboxylic acids is 1. The highest BCUT2D eigenvalue weighted by Crippen LogP contribution is 2.18. The van der Waals surface area contributed by atoms with E-state index in [0.717, 1.165) is 0 Å². The summed E-state index contributed by atoms with van der Waals surface area (Å²) >= 11 is 0. The Bertz CT molecular complexity index is 468. The Morgan fingerprint density at radius 2 is 2.26 bits per heavy atom. The van der Waals surface area contributed by atoms with Crippen LogP contribution in [0.5, 0.6) is 5.88 Å². The number of carboxylic acids is 1. The van der Waals surface area contributed by atoms with Crippen molar-refractivity contribution in [1.29, 1.82) is 0 Å². The first-order valence-corrected chi connectivity index (χ1v) is 5.97. The number of urea groups is 1. The highest BCUT2D eigenvalue weighted by atomic mass is 16.5. The summed E-state index contributed by atoms with van der Waals surface area (Å²) < 4.78 is 5.19. The van der Waals surface area contributed by atoms with Gasteiger partial charge in [0.1, 0.15) is 0 Å². The summed E-state index contributed by atoms with van der Waals surface area (Å²) in [6, 6.07) is 3.03. The number of carboxylic acid groups (broad SMARTS) is 1. The topological polar surface area (TPSA) is 91.8 Å². The molecule has 1 aliphatic rings. The molecule has 1 aromatic rings. The van der Waals surface area contributed by atoms with Crippen LogP contribution in [-0.2, 0) is 4.79 Å². The number of carbonyl (C=O) groups is 2. The van der Waals surface area contributed by atoms with Gasteiger partial charge in [0.25, 0.3) is 0 Å². The molecule has 0 saturated carbocycles. The second-order valence-corrected chi connectivity index (χ2v) is 4.19. The molecule has 1 saturated heterocycles. The number of aromatic nitrogens is 1. The normalized spacial score (nSPS) is 14.7. The lowest BCUT2D eigenvalue weighted by molar-refractivity contribution is -0.145. The van der Waals surface area contributed by atoms with Gasteiger partial charge in [-0.2, -0.15) is 0 Å². The van der Waals surface area contributed by atoms with Gasteiger partial charge in [-0.3, -0.25) is 4.79 Å². The van der Waals surface area contributed by atoms with Crippen LogP contribution in [0.2, 0.25) is 0 Å². The summed E-state index contributed by atoms with van der Waals surface area (Å²) in [5, 5.41) is 11.4. The molecule has 0 unspecified atom stereocenters. The van der Waals surface area contributed by atoms with Gasteiger partial charge < -0.3 is 20.1 Å². The van der Waals surface area contributed by atoms with Crippen LogP contribution in [0.1, 0.15) is 6.92 Å². The minimum atomic E-state index is -0.869. The molecule has 0 aromatic carbocycles. The Morgan fingerprint density at radius 1 is 1.53 bits per heavy atom. The quantitative estimate of drug-likeness (QED) is 0.848.